The SMILES string of the molecule is CCOc1ccc(C2=NN(Cc3ccc(C(=O)O)cc3)C(=O)[C@@H]3CCCC[C@H]23)cc1OCC. The van der Waals surface area contributed by atoms with Gasteiger partial charge in [-0.3, -0.25) is 4.79 Å². The van der Waals surface area contributed by atoms with E-state index in [-0.39, 0.29) is 23.3 Å². The summed E-state index contributed by atoms with van der Waals surface area (Å²) in [6.45, 7) is 5.26. The third-order valence-corrected chi connectivity index (χ3v) is 6.29. The predicted molar refractivity (Wildman–Crippen MR) is 125 cm³/mol. The molecule has 174 valence electrons. The number of nitrogens with zero attached hydrogens (tertiary/aromatic N) is 2. The van der Waals surface area contributed by atoms with Gasteiger partial charge in [-0.15, -0.1) is 0 Å². The van der Waals surface area contributed by atoms with Gasteiger partial charge in [-0.2, -0.15) is 5.10 Å². The summed E-state index contributed by atoms with van der Waals surface area (Å²) >= 11 is 0. The van der Waals surface area contributed by atoms with Gasteiger partial charge in [0.1, 0.15) is 0 Å². The average Bonchev–Trinajstić information content (AvgIpc) is 2.83. The number of carbonyl (C=O) groups is 2. The molecular formula is C26H30N2O5. The lowest BCUT2D eigenvalue weighted by Crippen LogP contribution is -2.45. The van der Waals surface area contributed by atoms with Crippen LogP contribution in [0.4, 0.5) is 0 Å². The van der Waals surface area contributed by atoms with Crippen LogP contribution in [0.2, 0.25) is 0 Å². The number of amides is 1. The number of hydrazone groups is 1. The molecule has 7 heteroatoms. The molecule has 33 heavy (non-hydrogen) atoms. The largest absolute Gasteiger partial charge is 0.490 e. The fourth-order valence-corrected chi connectivity index (χ4v) is 4.72. The molecule has 1 fully saturated rings. The number of carboxylic acid groups (broad SMARTS) is 1. The third-order valence-electron chi connectivity index (χ3n) is 6.29. The highest BCUT2D eigenvalue weighted by Crippen LogP contribution is 2.39. The molecule has 2 aromatic rings. The van der Waals surface area contributed by atoms with Gasteiger partial charge < -0.3 is 14.6 Å². The zero-order valence-electron chi connectivity index (χ0n) is 19.1. The summed E-state index contributed by atoms with van der Waals surface area (Å²) in [4.78, 5) is 24.4. The van der Waals surface area contributed by atoms with Crippen molar-refractivity contribution in [3.63, 3.8) is 0 Å². The topological polar surface area (TPSA) is 88.4 Å². The van der Waals surface area contributed by atoms with Crippen molar-refractivity contribution in [3.05, 3.63) is 59.2 Å². The summed E-state index contributed by atoms with van der Waals surface area (Å²) in [5.74, 6) is 0.449. The van der Waals surface area contributed by atoms with E-state index in [9.17, 15) is 9.59 Å². The summed E-state index contributed by atoms with van der Waals surface area (Å²) in [6.07, 6.45) is 3.91. The highest BCUT2D eigenvalue weighted by molar-refractivity contribution is 6.07. The molecule has 4 rings (SSSR count). The Kier molecular flexibility index (Phi) is 6.96. The van der Waals surface area contributed by atoms with Gasteiger partial charge in [-0.05, 0) is 62.6 Å². The van der Waals surface area contributed by atoms with Crippen molar-refractivity contribution in [3.8, 4) is 11.5 Å². The average molecular weight is 451 g/mol. The second-order valence-electron chi connectivity index (χ2n) is 8.41. The normalized spacial score (nSPS) is 20.1. The molecule has 7 nitrogen and oxygen atoms in total. The molecule has 1 N–H and O–H groups in total. The van der Waals surface area contributed by atoms with Crippen LogP contribution >= 0.6 is 0 Å². The molecule has 2 aromatic carbocycles. The third kappa shape index (κ3) is 4.87. The Morgan fingerprint density at radius 3 is 2.33 bits per heavy atom. The minimum Gasteiger partial charge on any atom is -0.490 e. The summed E-state index contributed by atoms with van der Waals surface area (Å²) in [5, 5.41) is 15.5. The predicted octanol–water partition coefficient (Wildman–Crippen LogP) is 4.74. The molecule has 0 radical (unpaired) electrons. The molecule has 1 saturated carbocycles. The summed E-state index contributed by atoms with van der Waals surface area (Å²) in [7, 11) is 0. The number of aromatic carboxylic acids is 1. The first-order valence-electron chi connectivity index (χ1n) is 11.6. The van der Waals surface area contributed by atoms with Crippen LogP contribution in [0, 0.1) is 11.8 Å². The molecule has 1 aliphatic carbocycles. The number of carbonyl (C=O) groups excluding carboxylic acids is 1. The van der Waals surface area contributed by atoms with Crippen molar-refractivity contribution in [1.82, 2.24) is 5.01 Å². The second kappa shape index (κ2) is 10.1. The number of hydrogen-bond acceptors (Lipinski definition) is 5. The van der Waals surface area contributed by atoms with E-state index >= 15 is 0 Å². The standard InChI is InChI=1S/C26H30N2O5/c1-3-32-22-14-13-19(15-23(22)33-4-2)24-20-7-5-6-8-21(20)25(29)28(27-24)16-17-9-11-18(12-10-17)26(30)31/h9-15,20-21H,3-8,16H2,1-2H3,(H,30,31)/t20-,21+/m0/s1. The second-order valence-corrected chi connectivity index (χ2v) is 8.41. The van der Waals surface area contributed by atoms with Crippen LogP contribution in [0.15, 0.2) is 47.6 Å². The van der Waals surface area contributed by atoms with Gasteiger partial charge in [0.2, 0.25) is 5.91 Å². The van der Waals surface area contributed by atoms with Crippen molar-refractivity contribution in [1.29, 1.82) is 0 Å². The molecule has 0 saturated heterocycles. The molecule has 0 spiro atoms. The Bertz CT molecular complexity index is 1050. The number of benzene rings is 2. The quantitative estimate of drug-likeness (QED) is 0.628. The molecule has 1 amide bonds. The van der Waals surface area contributed by atoms with Gasteiger partial charge in [-0.25, -0.2) is 9.80 Å². The van der Waals surface area contributed by atoms with Gasteiger partial charge in [0.25, 0.3) is 0 Å². The maximum absolute atomic E-state index is 13.3. The zero-order valence-corrected chi connectivity index (χ0v) is 19.1. The van der Waals surface area contributed by atoms with E-state index in [4.69, 9.17) is 19.7 Å². The first-order valence-corrected chi connectivity index (χ1v) is 11.6. The van der Waals surface area contributed by atoms with Crippen molar-refractivity contribution >= 4 is 17.6 Å². The van der Waals surface area contributed by atoms with E-state index in [2.05, 4.69) is 0 Å². The lowest BCUT2D eigenvalue weighted by molar-refractivity contribution is -0.139. The summed E-state index contributed by atoms with van der Waals surface area (Å²) in [6, 6.07) is 12.5. The maximum Gasteiger partial charge on any atom is 0.335 e. The number of carboxylic acids is 1. The van der Waals surface area contributed by atoms with Crippen LogP contribution in [0.25, 0.3) is 0 Å². The first kappa shape index (κ1) is 22.8. The van der Waals surface area contributed by atoms with Gasteiger partial charge in [0.15, 0.2) is 11.5 Å². The van der Waals surface area contributed by atoms with Crippen LogP contribution in [0.3, 0.4) is 0 Å². The molecule has 0 bridgehead atoms. The highest BCUT2D eigenvalue weighted by atomic mass is 16.5. The number of fused-ring (bicyclic) bond motifs is 1. The van der Waals surface area contributed by atoms with Gasteiger partial charge in [0, 0.05) is 17.4 Å². The Balaban J connectivity index is 1.69. The van der Waals surface area contributed by atoms with Crippen LogP contribution in [0.1, 0.15) is 61.0 Å². The van der Waals surface area contributed by atoms with E-state index in [1.165, 1.54) is 0 Å². The van der Waals surface area contributed by atoms with Gasteiger partial charge in [0.05, 0.1) is 31.0 Å². The van der Waals surface area contributed by atoms with Gasteiger partial charge in [-0.1, -0.05) is 25.0 Å². The Morgan fingerprint density at radius 1 is 1.00 bits per heavy atom. The summed E-state index contributed by atoms with van der Waals surface area (Å²) < 4.78 is 11.5. The Hall–Kier alpha value is -3.35. The van der Waals surface area contributed by atoms with Crippen LogP contribution in [-0.4, -0.2) is 40.9 Å². The fraction of sp³-hybridized carbons (Fsp3) is 0.423. The van der Waals surface area contributed by atoms with Crippen molar-refractivity contribution in [2.45, 2.75) is 46.1 Å². The van der Waals surface area contributed by atoms with Gasteiger partial charge >= 0.3 is 5.97 Å². The number of rotatable bonds is 8. The van der Waals surface area contributed by atoms with Crippen LogP contribution < -0.4 is 9.47 Å². The number of hydrogen-bond donors (Lipinski definition) is 1. The van der Waals surface area contributed by atoms with E-state index < -0.39 is 5.97 Å². The van der Waals surface area contributed by atoms with Crippen molar-refractivity contribution in [2.24, 2.45) is 16.9 Å². The molecule has 0 unspecified atom stereocenters. The molecule has 1 aliphatic heterocycles. The van der Waals surface area contributed by atoms with E-state index in [1.807, 2.05) is 32.0 Å². The summed E-state index contributed by atoms with van der Waals surface area (Å²) in [5.41, 5.74) is 2.91. The minimum atomic E-state index is -0.971. The smallest absolute Gasteiger partial charge is 0.335 e. The Labute approximate surface area is 194 Å². The molecular weight excluding hydrogens is 420 g/mol. The number of ether oxygens (including phenoxy) is 2. The lowest BCUT2D eigenvalue weighted by atomic mass is 9.73. The maximum atomic E-state index is 13.3. The van der Waals surface area contributed by atoms with Crippen molar-refractivity contribution < 1.29 is 24.2 Å². The highest BCUT2D eigenvalue weighted by Gasteiger charge is 2.41. The monoisotopic (exact) mass is 450 g/mol. The van der Waals surface area contributed by atoms with E-state index in [0.717, 1.165) is 42.5 Å². The molecule has 2 atom stereocenters. The molecule has 1 heterocycles. The van der Waals surface area contributed by atoms with Crippen molar-refractivity contribution in [2.75, 3.05) is 13.2 Å². The zero-order chi connectivity index (χ0) is 23.4. The Morgan fingerprint density at radius 2 is 1.67 bits per heavy atom. The van der Waals surface area contributed by atoms with Crippen LogP contribution in [-0.2, 0) is 11.3 Å². The van der Waals surface area contributed by atoms with E-state index in [1.54, 1.807) is 29.3 Å². The van der Waals surface area contributed by atoms with E-state index in [0.29, 0.717) is 31.3 Å². The first-order chi connectivity index (χ1) is 16.0. The molecule has 2 aliphatic rings. The fourth-order valence-electron chi connectivity index (χ4n) is 4.72. The lowest BCUT2D eigenvalue weighted by Gasteiger charge is -2.38. The van der Waals surface area contributed by atoms with Crippen LogP contribution in [0.5, 0.6) is 11.5 Å². The minimum absolute atomic E-state index is 0.0433. The molecule has 0 aromatic heterocycles.